The number of hydrogen-bond acceptors (Lipinski definition) is 9. The number of rotatable bonds is 7. The number of nitrogens with zero attached hydrogens (tertiary/aromatic N) is 5. The first-order valence-electron chi connectivity index (χ1n) is 14.8. The third-order valence-corrected chi connectivity index (χ3v) is 8.76. The van der Waals surface area contributed by atoms with Crippen molar-refractivity contribution in [2.24, 2.45) is 5.41 Å². The first kappa shape index (κ1) is 27.5. The fourth-order valence-electron chi connectivity index (χ4n) is 5.94. The highest BCUT2D eigenvalue weighted by atomic mass is 16.5. The Morgan fingerprint density at radius 1 is 1.12 bits per heavy atom. The molecule has 2 amide bonds. The van der Waals surface area contributed by atoms with Crippen LogP contribution in [0.25, 0.3) is 22.2 Å². The number of H-pyrrole nitrogens is 1. The predicted molar refractivity (Wildman–Crippen MR) is 158 cm³/mol. The molecule has 224 valence electrons. The number of benzene rings is 1. The molecular weight excluding hydrogens is 548 g/mol. The lowest BCUT2D eigenvalue weighted by Crippen LogP contribution is -2.53. The van der Waals surface area contributed by atoms with E-state index in [2.05, 4.69) is 60.2 Å². The Morgan fingerprint density at radius 2 is 1.88 bits per heavy atom. The van der Waals surface area contributed by atoms with Crippen LogP contribution in [0.15, 0.2) is 41.1 Å². The molecule has 1 aliphatic carbocycles. The molecule has 0 bridgehead atoms. The maximum absolute atomic E-state index is 13.0. The molecule has 12 nitrogen and oxygen atoms in total. The van der Waals surface area contributed by atoms with Gasteiger partial charge < -0.3 is 24.8 Å². The molecule has 3 N–H and O–H groups in total. The molecule has 7 rings (SSSR count). The summed E-state index contributed by atoms with van der Waals surface area (Å²) in [4.78, 5) is 36.7. The Hall–Kier alpha value is -4.32. The normalized spacial score (nSPS) is 20.6. The summed E-state index contributed by atoms with van der Waals surface area (Å²) >= 11 is 0. The van der Waals surface area contributed by atoms with Crippen LogP contribution >= 0.6 is 0 Å². The maximum Gasteiger partial charge on any atom is 0.293 e. The van der Waals surface area contributed by atoms with E-state index in [1.54, 1.807) is 6.20 Å². The van der Waals surface area contributed by atoms with E-state index in [9.17, 15) is 9.59 Å². The second-order valence-electron chi connectivity index (χ2n) is 13.4. The molecular formula is C31H36N8O4. The summed E-state index contributed by atoms with van der Waals surface area (Å²) in [5.41, 5.74) is 2.55. The van der Waals surface area contributed by atoms with Crippen LogP contribution in [0.5, 0.6) is 0 Å². The van der Waals surface area contributed by atoms with Crippen LogP contribution in [0.4, 0.5) is 5.82 Å². The number of aromatic amines is 1. The highest BCUT2D eigenvalue weighted by Crippen LogP contribution is 2.46. The lowest BCUT2D eigenvalue weighted by molar-refractivity contribution is -0.167. The molecule has 0 spiro atoms. The zero-order valence-electron chi connectivity index (χ0n) is 24.9. The van der Waals surface area contributed by atoms with Crippen LogP contribution in [0.3, 0.4) is 0 Å². The molecule has 12 heteroatoms. The van der Waals surface area contributed by atoms with Crippen molar-refractivity contribution in [1.82, 2.24) is 35.5 Å². The number of aromatic nitrogens is 5. The topological polar surface area (TPSA) is 151 Å². The second-order valence-corrected chi connectivity index (χ2v) is 13.4. The summed E-state index contributed by atoms with van der Waals surface area (Å²) in [7, 11) is 0. The molecule has 43 heavy (non-hydrogen) atoms. The van der Waals surface area contributed by atoms with Crippen molar-refractivity contribution < 1.29 is 18.8 Å². The molecule has 1 unspecified atom stereocenters. The minimum atomic E-state index is -0.442. The fourth-order valence-corrected chi connectivity index (χ4v) is 5.94. The van der Waals surface area contributed by atoms with Gasteiger partial charge in [-0.3, -0.25) is 14.7 Å². The average molecular weight is 585 g/mol. The minimum Gasteiger partial charge on any atom is -0.379 e. The molecule has 1 atom stereocenters. The first-order valence-corrected chi connectivity index (χ1v) is 14.8. The molecule has 1 aromatic carbocycles. The van der Waals surface area contributed by atoms with Gasteiger partial charge in [0.25, 0.3) is 11.7 Å². The predicted octanol–water partition coefficient (Wildman–Crippen LogP) is 3.77. The smallest absolute Gasteiger partial charge is 0.293 e. The Labute approximate surface area is 249 Å². The first-order chi connectivity index (χ1) is 20.5. The average Bonchev–Trinajstić information content (AvgIpc) is 3.34. The number of fused-ring (bicyclic) bond motifs is 1. The van der Waals surface area contributed by atoms with Gasteiger partial charge >= 0.3 is 0 Å². The summed E-state index contributed by atoms with van der Waals surface area (Å²) in [6.07, 6.45) is 4.29. The van der Waals surface area contributed by atoms with Crippen molar-refractivity contribution in [2.45, 2.75) is 64.0 Å². The van der Waals surface area contributed by atoms with Gasteiger partial charge in [-0.15, -0.1) is 0 Å². The van der Waals surface area contributed by atoms with Crippen molar-refractivity contribution in [1.29, 1.82) is 0 Å². The molecule has 3 aromatic heterocycles. The van der Waals surface area contributed by atoms with Gasteiger partial charge in [-0.25, -0.2) is 4.98 Å². The van der Waals surface area contributed by atoms with Crippen molar-refractivity contribution >= 4 is 28.7 Å². The Balaban J connectivity index is 1.07. The van der Waals surface area contributed by atoms with Crippen molar-refractivity contribution in [3.05, 3.63) is 53.8 Å². The van der Waals surface area contributed by atoms with Gasteiger partial charge in [0.2, 0.25) is 11.8 Å². The van der Waals surface area contributed by atoms with Crippen LogP contribution in [0, 0.1) is 5.41 Å². The zero-order chi connectivity index (χ0) is 30.0. The fraction of sp³-hybridized carbons (Fsp3) is 0.484. The van der Waals surface area contributed by atoms with E-state index in [1.807, 2.05) is 38.7 Å². The number of ether oxygens (including phenoxy) is 1. The number of carbonyl (C=O) groups is 2. The number of hydrogen-bond donors (Lipinski definition) is 3. The van der Waals surface area contributed by atoms with Gasteiger partial charge in [-0.05, 0) is 48.9 Å². The third-order valence-electron chi connectivity index (χ3n) is 8.76. The third kappa shape index (κ3) is 4.93. The second kappa shape index (κ2) is 9.87. The summed E-state index contributed by atoms with van der Waals surface area (Å²) in [5.74, 6) is 1.02. The Morgan fingerprint density at radius 3 is 2.53 bits per heavy atom. The van der Waals surface area contributed by atoms with E-state index in [0.717, 1.165) is 47.2 Å². The number of carbonyl (C=O) groups excluding carboxylic acids is 2. The highest BCUT2D eigenvalue weighted by Gasteiger charge is 2.47. The lowest BCUT2D eigenvalue weighted by atomic mass is 9.87. The van der Waals surface area contributed by atoms with Gasteiger partial charge in [0.05, 0.1) is 29.6 Å². The lowest BCUT2D eigenvalue weighted by Gasteiger charge is -2.39. The van der Waals surface area contributed by atoms with Crippen molar-refractivity contribution in [3.63, 3.8) is 0 Å². The SMILES string of the molecule is CC1(C(=O)N2CCC(Nc3n[nH]c4nccc(-c5ccc(C6(NC(=O)c7noc(C(C)(C)C)n7)CC6)cc5)c34)C2)COC1. The number of anilines is 1. The van der Waals surface area contributed by atoms with Crippen LogP contribution in [-0.2, 0) is 20.5 Å². The van der Waals surface area contributed by atoms with Gasteiger partial charge in [0, 0.05) is 30.7 Å². The molecule has 2 saturated heterocycles. The van der Waals surface area contributed by atoms with Crippen molar-refractivity contribution in [3.8, 4) is 11.1 Å². The quantitative estimate of drug-likeness (QED) is 0.295. The van der Waals surface area contributed by atoms with E-state index in [1.165, 1.54) is 0 Å². The Bertz CT molecular complexity index is 1690. The van der Waals surface area contributed by atoms with Crippen LogP contribution in [0.1, 0.15) is 69.0 Å². The highest BCUT2D eigenvalue weighted by molar-refractivity contribution is 6.00. The molecule has 5 heterocycles. The van der Waals surface area contributed by atoms with E-state index in [0.29, 0.717) is 37.8 Å². The Kier molecular flexibility index (Phi) is 6.31. The van der Waals surface area contributed by atoms with E-state index >= 15 is 0 Å². The summed E-state index contributed by atoms with van der Waals surface area (Å²) in [6, 6.07) is 10.3. The summed E-state index contributed by atoms with van der Waals surface area (Å²) in [6.45, 7) is 10.2. The van der Waals surface area contributed by atoms with Crippen LogP contribution < -0.4 is 10.6 Å². The standard InChI is InChI=1S/C31H36N8O4/c1-29(2,3)27-34-25(38-43-27)26(40)35-31(11-12-31)19-7-5-18(6-8-19)21-9-13-32-23-22(21)24(37-36-23)33-20-10-14-39(15-20)28(41)30(4)16-42-17-30/h5-9,13,20H,10-12,14-17H2,1-4H3,(H,35,40)(H2,32,33,36,37). The molecule has 4 aromatic rings. The largest absolute Gasteiger partial charge is 0.379 e. The monoisotopic (exact) mass is 584 g/mol. The number of nitrogens with one attached hydrogen (secondary N) is 3. The number of amides is 2. The van der Waals surface area contributed by atoms with E-state index in [-0.39, 0.29) is 29.1 Å². The van der Waals surface area contributed by atoms with Gasteiger partial charge in [-0.2, -0.15) is 10.1 Å². The molecule has 3 aliphatic rings. The van der Waals surface area contributed by atoms with Crippen LogP contribution in [-0.4, -0.2) is 74.4 Å². The minimum absolute atomic E-state index is 0.0491. The van der Waals surface area contributed by atoms with E-state index < -0.39 is 11.0 Å². The molecule has 0 radical (unpaired) electrons. The van der Waals surface area contributed by atoms with Crippen LogP contribution in [0.2, 0.25) is 0 Å². The van der Waals surface area contributed by atoms with Gasteiger partial charge in [0.1, 0.15) is 0 Å². The zero-order valence-corrected chi connectivity index (χ0v) is 24.9. The molecule has 2 aliphatic heterocycles. The van der Waals surface area contributed by atoms with E-state index in [4.69, 9.17) is 9.26 Å². The maximum atomic E-state index is 13.0. The van der Waals surface area contributed by atoms with Crippen molar-refractivity contribution in [2.75, 3.05) is 31.6 Å². The molecule has 3 fully saturated rings. The number of likely N-dealkylation sites (tertiary alicyclic amines) is 1. The summed E-state index contributed by atoms with van der Waals surface area (Å²) in [5, 5.41) is 19.1. The number of pyridine rings is 1. The van der Waals surface area contributed by atoms with Gasteiger partial charge in [0.15, 0.2) is 11.5 Å². The summed E-state index contributed by atoms with van der Waals surface area (Å²) < 4.78 is 10.6. The van der Waals surface area contributed by atoms with Gasteiger partial charge in [-0.1, -0.05) is 50.2 Å². The molecule has 1 saturated carbocycles.